The largest absolute Gasteiger partial charge is 0.464 e. The maximum atomic E-state index is 11.4. The second-order valence-corrected chi connectivity index (χ2v) is 6.57. The molecule has 2 N–H and O–H groups in total. The van der Waals surface area contributed by atoms with Crippen LogP contribution in [-0.2, 0) is 9.53 Å². The van der Waals surface area contributed by atoms with Crippen LogP contribution in [0.1, 0.15) is 59.8 Å². The van der Waals surface area contributed by atoms with Crippen molar-refractivity contribution in [2.75, 3.05) is 12.4 Å². The molecule has 0 spiro atoms. The number of carbonyl (C=O) groups is 1. The highest BCUT2D eigenvalue weighted by molar-refractivity contribution is 7.80. The average Bonchev–Trinajstić information content (AvgIpc) is 2.50. The van der Waals surface area contributed by atoms with Crippen molar-refractivity contribution in [2.45, 2.75) is 65.8 Å². The van der Waals surface area contributed by atoms with Gasteiger partial charge in [-0.3, -0.25) is 4.79 Å². The minimum Gasteiger partial charge on any atom is -0.464 e. The monoisotopic (exact) mass is 339 g/mol. The Labute approximate surface area is 147 Å². The Balaban J connectivity index is 3.90. The SMILES string of the molecule is CC(C)=CCCC(C)=CCCC(C)=CCCOC(=O)[C@@H](N)CS. The highest BCUT2D eigenvalue weighted by Gasteiger charge is 2.11. The van der Waals surface area contributed by atoms with Crippen LogP contribution >= 0.6 is 12.6 Å². The summed E-state index contributed by atoms with van der Waals surface area (Å²) in [6, 6.07) is -0.622. The zero-order valence-corrected chi connectivity index (χ0v) is 16.0. The summed E-state index contributed by atoms with van der Waals surface area (Å²) in [6.45, 7) is 8.97. The lowest BCUT2D eigenvalue weighted by molar-refractivity contribution is -0.144. The predicted octanol–water partition coefficient (Wildman–Crippen LogP) is 4.60. The normalized spacial score (nSPS) is 13.7. The maximum absolute atomic E-state index is 11.4. The van der Waals surface area contributed by atoms with Gasteiger partial charge in [0.05, 0.1) is 6.61 Å². The molecule has 0 rings (SSSR count). The number of rotatable bonds is 11. The fraction of sp³-hybridized carbons (Fsp3) is 0.632. The molecule has 0 fully saturated rings. The van der Waals surface area contributed by atoms with Gasteiger partial charge in [0.1, 0.15) is 6.04 Å². The highest BCUT2D eigenvalue weighted by atomic mass is 32.1. The van der Waals surface area contributed by atoms with Gasteiger partial charge in [-0.2, -0.15) is 12.6 Å². The van der Waals surface area contributed by atoms with Crippen molar-refractivity contribution in [3.63, 3.8) is 0 Å². The lowest BCUT2D eigenvalue weighted by Gasteiger charge is -2.08. The first-order valence-corrected chi connectivity index (χ1v) is 8.97. The molecule has 0 aliphatic carbocycles. The van der Waals surface area contributed by atoms with Gasteiger partial charge >= 0.3 is 5.97 Å². The van der Waals surface area contributed by atoms with E-state index in [-0.39, 0.29) is 5.97 Å². The van der Waals surface area contributed by atoms with E-state index in [0.717, 1.165) is 32.1 Å². The molecule has 0 aromatic carbocycles. The van der Waals surface area contributed by atoms with Gasteiger partial charge in [0, 0.05) is 5.75 Å². The van der Waals surface area contributed by atoms with Crippen molar-refractivity contribution in [1.82, 2.24) is 0 Å². The first-order valence-electron chi connectivity index (χ1n) is 8.34. The molecule has 0 amide bonds. The lowest BCUT2D eigenvalue weighted by atomic mass is 10.1. The summed E-state index contributed by atoms with van der Waals surface area (Å²) in [5, 5.41) is 0. The number of allylic oxidation sites excluding steroid dienone is 5. The van der Waals surface area contributed by atoms with E-state index in [1.807, 2.05) is 0 Å². The number of hydrogen-bond acceptors (Lipinski definition) is 4. The highest BCUT2D eigenvalue weighted by Crippen LogP contribution is 2.11. The molecule has 23 heavy (non-hydrogen) atoms. The van der Waals surface area contributed by atoms with Crippen LogP contribution in [0.2, 0.25) is 0 Å². The number of carbonyl (C=O) groups excluding carboxylic acids is 1. The zero-order valence-electron chi connectivity index (χ0n) is 15.1. The quantitative estimate of drug-likeness (QED) is 0.250. The van der Waals surface area contributed by atoms with Crippen molar-refractivity contribution < 1.29 is 9.53 Å². The van der Waals surface area contributed by atoms with Crippen LogP contribution in [-0.4, -0.2) is 24.4 Å². The van der Waals surface area contributed by atoms with E-state index in [4.69, 9.17) is 10.5 Å². The summed E-state index contributed by atoms with van der Waals surface area (Å²) in [5.41, 5.74) is 9.69. The molecule has 0 aliphatic rings. The van der Waals surface area contributed by atoms with Crippen molar-refractivity contribution in [2.24, 2.45) is 5.73 Å². The lowest BCUT2D eigenvalue weighted by Crippen LogP contribution is -2.34. The fourth-order valence-electron chi connectivity index (χ4n) is 1.99. The van der Waals surface area contributed by atoms with Crippen LogP contribution in [0, 0.1) is 0 Å². The fourth-order valence-corrected chi connectivity index (χ4v) is 2.13. The van der Waals surface area contributed by atoms with Gasteiger partial charge < -0.3 is 10.5 Å². The minimum absolute atomic E-state index is 0.313. The average molecular weight is 340 g/mol. The molecule has 0 saturated carbocycles. The van der Waals surface area contributed by atoms with E-state index >= 15 is 0 Å². The van der Waals surface area contributed by atoms with E-state index < -0.39 is 6.04 Å². The molecular weight excluding hydrogens is 306 g/mol. The van der Waals surface area contributed by atoms with E-state index in [1.54, 1.807) is 0 Å². The Morgan fingerprint density at radius 2 is 1.52 bits per heavy atom. The van der Waals surface area contributed by atoms with E-state index in [9.17, 15) is 4.79 Å². The second kappa shape index (κ2) is 13.4. The standard InChI is InChI=1S/C19H33NO2S/c1-15(2)8-5-9-16(3)10-6-11-17(4)12-7-13-22-19(21)18(20)14-23/h8,10,12,18,23H,5-7,9,11,13-14,20H2,1-4H3/t18-/m0/s1. The van der Waals surface area contributed by atoms with Crippen molar-refractivity contribution in [1.29, 1.82) is 0 Å². The molecule has 0 unspecified atom stereocenters. The predicted molar refractivity (Wildman–Crippen MR) is 103 cm³/mol. The summed E-state index contributed by atoms with van der Waals surface area (Å²) in [7, 11) is 0. The van der Waals surface area contributed by atoms with Crippen molar-refractivity contribution >= 4 is 18.6 Å². The van der Waals surface area contributed by atoms with Gasteiger partial charge in [-0.05, 0) is 59.8 Å². The van der Waals surface area contributed by atoms with Gasteiger partial charge in [0.25, 0.3) is 0 Å². The number of hydrogen-bond donors (Lipinski definition) is 2. The number of ether oxygens (including phenoxy) is 1. The molecule has 132 valence electrons. The summed E-state index contributed by atoms with van der Waals surface area (Å²) in [6.07, 6.45) is 11.8. The van der Waals surface area contributed by atoms with Crippen LogP contribution in [0.15, 0.2) is 34.9 Å². The molecule has 0 aromatic heterocycles. The number of esters is 1. The van der Waals surface area contributed by atoms with E-state index in [0.29, 0.717) is 12.4 Å². The molecule has 0 radical (unpaired) electrons. The smallest absolute Gasteiger partial charge is 0.323 e. The topological polar surface area (TPSA) is 52.3 Å². The number of nitrogens with two attached hydrogens (primary N) is 1. The van der Waals surface area contributed by atoms with E-state index in [1.165, 1.54) is 16.7 Å². The molecular formula is C19H33NO2S. The Hall–Kier alpha value is -1.000. The summed E-state index contributed by atoms with van der Waals surface area (Å²) in [5.74, 6) is -0.0616. The maximum Gasteiger partial charge on any atom is 0.323 e. The Kier molecular flexibility index (Phi) is 12.9. The Bertz CT molecular complexity index is 435. The Morgan fingerprint density at radius 1 is 1.00 bits per heavy atom. The minimum atomic E-state index is -0.622. The first kappa shape index (κ1) is 22.0. The molecule has 0 aromatic rings. The first-order chi connectivity index (χ1) is 10.9. The molecule has 0 saturated heterocycles. The van der Waals surface area contributed by atoms with Crippen molar-refractivity contribution in [3.8, 4) is 0 Å². The third-order valence-electron chi connectivity index (χ3n) is 3.48. The third kappa shape index (κ3) is 13.2. The molecule has 3 nitrogen and oxygen atoms in total. The molecule has 1 atom stereocenters. The molecule has 4 heteroatoms. The van der Waals surface area contributed by atoms with Crippen molar-refractivity contribution in [3.05, 3.63) is 34.9 Å². The van der Waals surface area contributed by atoms with Gasteiger partial charge in [-0.25, -0.2) is 0 Å². The third-order valence-corrected chi connectivity index (χ3v) is 3.87. The zero-order chi connectivity index (χ0) is 17.7. The summed E-state index contributed by atoms with van der Waals surface area (Å²) in [4.78, 5) is 11.4. The number of thiol groups is 1. The van der Waals surface area contributed by atoms with Gasteiger partial charge in [0.15, 0.2) is 0 Å². The van der Waals surface area contributed by atoms with Gasteiger partial charge in [-0.15, -0.1) is 0 Å². The van der Waals surface area contributed by atoms with Gasteiger partial charge in [0.2, 0.25) is 0 Å². The van der Waals surface area contributed by atoms with Crippen LogP contribution < -0.4 is 5.73 Å². The van der Waals surface area contributed by atoms with Crippen LogP contribution in [0.25, 0.3) is 0 Å². The van der Waals surface area contributed by atoms with Crippen LogP contribution in [0.5, 0.6) is 0 Å². The second-order valence-electron chi connectivity index (χ2n) is 6.21. The van der Waals surface area contributed by atoms with E-state index in [2.05, 4.69) is 58.6 Å². The summed E-state index contributed by atoms with van der Waals surface area (Å²) < 4.78 is 5.08. The summed E-state index contributed by atoms with van der Waals surface area (Å²) >= 11 is 3.97. The van der Waals surface area contributed by atoms with Crippen LogP contribution in [0.3, 0.4) is 0 Å². The molecule has 0 heterocycles. The molecule has 0 bridgehead atoms. The van der Waals surface area contributed by atoms with Gasteiger partial charge in [-0.1, -0.05) is 34.9 Å². The molecule has 0 aliphatic heterocycles. The Morgan fingerprint density at radius 3 is 2.04 bits per heavy atom. The van der Waals surface area contributed by atoms with Crippen LogP contribution in [0.4, 0.5) is 0 Å².